The molecule has 0 fully saturated rings. The van der Waals surface area contributed by atoms with Gasteiger partial charge in [0.25, 0.3) is 6.47 Å². The molecule has 0 aliphatic rings. The molecular formula is C6H10O2. The van der Waals surface area contributed by atoms with Crippen molar-refractivity contribution in [2.75, 3.05) is 0 Å². The first-order valence-corrected chi connectivity index (χ1v) is 2.56. The van der Waals surface area contributed by atoms with Crippen LogP contribution in [0.3, 0.4) is 0 Å². The molecule has 0 aromatic rings. The zero-order valence-electron chi connectivity index (χ0n) is 4.96. The minimum Gasteiger partial charge on any atom is -0.460 e. The van der Waals surface area contributed by atoms with Crippen molar-refractivity contribution in [3.05, 3.63) is 12.7 Å². The van der Waals surface area contributed by atoms with Gasteiger partial charge in [0.1, 0.15) is 6.10 Å². The van der Waals surface area contributed by atoms with E-state index in [2.05, 4.69) is 11.3 Å². The average molecular weight is 114 g/mol. The Morgan fingerprint density at radius 1 is 1.88 bits per heavy atom. The molecule has 0 aliphatic carbocycles. The molecule has 0 unspecified atom stereocenters. The predicted molar refractivity (Wildman–Crippen MR) is 31.4 cm³/mol. The molecule has 0 aromatic carbocycles. The van der Waals surface area contributed by atoms with Crippen molar-refractivity contribution >= 4 is 6.47 Å². The molecule has 0 saturated carbocycles. The molecule has 0 rings (SSSR count). The van der Waals surface area contributed by atoms with Gasteiger partial charge in [-0.3, -0.25) is 4.79 Å². The van der Waals surface area contributed by atoms with Crippen LogP contribution in [0.1, 0.15) is 13.3 Å². The summed E-state index contributed by atoms with van der Waals surface area (Å²) in [6.45, 7) is 5.83. The summed E-state index contributed by atoms with van der Waals surface area (Å²) in [5.41, 5.74) is 0. The zero-order chi connectivity index (χ0) is 6.41. The smallest absolute Gasteiger partial charge is 0.293 e. The lowest BCUT2D eigenvalue weighted by Gasteiger charge is -2.04. The van der Waals surface area contributed by atoms with Crippen LogP contribution >= 0.6 is 0 Å². The lowest BCUT2D eigenvalue weighted by atomic mass is 10.3. The van der Waals surface area contributed by atoms with E-state index in [0.717, 1.165) is 6.42 Å². The summed E-state index contributed by atoms with van der Waals surface area (Å²) >= 11 is 0. The van der Waals surface area contributed by atoms with E-state index in [0.29, 0.717) is 6.47 Å². The quantitative estimate of drug-likeness (QED) is 0.404. The Labute approximate surface area is 49.1 Å². The van der Waals surface area contributed by atoms with Crippen molar-refractivity contribution in [1.82, 2.24) is 0 Å². The van der Waals surface area contributed by atoms with Crippen LogP contribution in [0.2, 0.25) is 0 Å². The molecule has 2 heteroatoms. The van der Waals surface area contributed by atoms with Gasteiger partial charge in [0.2, 0.25) is 0 Å². The van der Waals surface area contributed by atoms with Crippen molar-refractivity contribution in [3.8, 4) is 0 Å². The molecule has 0 N–H and O–H groups in total. The van der Waals surface area contributed by atoms with Crippen molar-refractivity contribution < 1.29 is 9.53 Å². The molecule has 0 aromatic heterocycles. The highest BCUT2D eigenvalue weighted by Gasteiger charge is 1.95. The average Bonchev–Trinajstić information content (AvgIpc) is 1.83. The Bertz CT molecular complexity index is 78.6. The number of carbonyl (C=O) groups excluding carboxylic acids is 1. The topological polar surface area (TPSA) is 26.3 Å². The highest BCUT2D eigenvalue weighted by Crippen LogP contribution is 1.94. The van der Waals surface area contributed by atoms with E-state index in [1.165, 1.54) is 0 Å². The molecular weight excluding hydrogens is 104 g/mol. The van der Waals surface area contributed by atoms with Crippen LogP contribution in [0.15, 0.2) is 12.7 Å². The number of ether oxygens (including phenoxy) is 1. The molecule has 0 spiro atoms. The minimum atomic E-state index is -0.104. The lowest BCUT2D eigenvalue weighted by Crippen LogP contribution is -2.05. The summed E-state index contributed by atoms with van der Waals surface area (Å²) in [4.78, 5) is 9.66. The minimum absolute atomic E-state index is 0.104. The molecule has 0 aliphatic heterocycles. The monoisotopic (exact) mass is 114 g/mol. The second kappa shape index (κ2) is 4.37. The van der Waals surface area contributed by atoms with Gasteiger partial charge in [-0.05, 0) is 6.42 Å². The maximum absolute atomic E-state index is 9.66. The summed E-state index contributed by atoms with van der Waals surface area (Å²) < 4.78 is 4.54. The number of rotatable bonds is 4. The molecule has 0 heterocycles. The van der Waals surface area contributed by atoms with Gasteiger partial charge in [0.15, 0.2) is 0 Å². The van der Waals surface area contributed by atoms with Crippen LogP contribution in [0.25, 0.3) is 0 Å². The lowest BCUT2D eigenvalue weighted by molar-refractivity contribution is -0.131. The summed E-state index contributed by atoms with van der Waals surface area (Å²) in [6, 6.07) is 0. The van der Waals surface area contributed by atoms with Crippen LogP contribution in [0.5, 0.6) is 0 Å². The molecule has 0 radical (unpaired) electrons. The van der Waals surface area contributed by atoms with E-state index in [1.807, 2.05) is 6.92 Å². The SMILES string of the molecule is C=C[C@@H](CC)OC=O. The summed E-state index contributed by atoms with van der Waals surface area (Å²) in [5.74, 6) is 0. The molecule has 0 bridgehead atoms. The Kier molecular flexibility index (Phi) is 3.94. The third kappa shape index (κ3) is 2.39. The zero-order valence-corrected chi connectivity index (χ0v) is 4.96. The predicted octanol–water partition coefficient (Wildman–Crippen LogP) is 1.12. The Hall–Kier alpha value is -0.790. The van der Waals surface area contributed by atoms with Gasteiger partial charge < -0.3 is 4.74 Å². The van der Waals surface area contributed by atoms with E-state index in [9.17, 15) is 4.79 Å². The van der Waals surface area contributed by atoms with E-state index in [-0.39, 0.29) is 6.10 Å². The fraction of sp³-hybridized carbons (Fsp3) is 0.500. The van der Waals surface area contributed by atoms with Crippen LogP contribution in [0, 0.1) is 0 Å². The number of hydrogen-bond acceptors (Lipinski definition) is 2. The summed E-state index contributed by atoms with van der Waals surface area (Å²) in [7, 11) is 0. The van der Waals surface area contributed by atoms with Crippen molar-refractivity contribution in [2.45, 2.75) is 19.4 Å². The number of carbonyl (C=O) groups is 1. The highest BCUT2D eigenvalue weighted by molar-refractivity contribution is 5.37. The van der Waals surface area contributed by atoms with Crippen molar-refractivity contribution in [2.24, 2.45) is 0 Å². The maximum Gasteiger partial charge on any atom is 0.293 e. The van der Waals surface area contributed by atoms with Gasteiger partial charge in [-0.25, -0.2) is 0 Å². The molecule has 0 amide bonds. The van der Waals surface area contributed by atoms with Crippen LogP contribution in [-0.2, 0) is 9.53 Å². The van der Waals surface area contributed by atoms with Gasteiger partial charge in [-0.1, -0.05) is 19.6 Å². The third-order valence-electron chi connectivity index (χ3n) is 0.896. The molecule has 2 nitrogen and oxygen atoms in total. The van der Waals surface area contributed by atoms with Gasteiger partial charge in [0.05, 0.1) is 0 Å². The molecule has 1 atom stereocenters. The van der Waals surface area contributed by atoms with Crippen LogP contribution < -0.4 is 0 Å². The Morgan fingerprint density at radius 2 is 2.50 bits per heavy atom. The first-order valence-electron chi connectivity index (χ1n) is 2.56. The molecule has 8 heavy (non-hydrogen) atoms. The molecule has 0 saturated heterocycles. The second-order valence-corrected chi connectivity index (χ2v) is 1.41. The maximum atomic E-state index is 9.66. The fourth-order valence-electron chi connectivity index (χ4n) is 0.390. The van der Waals surface area contributed by atoms with E-state index in [4.69, 9.17) is 0 Å². The van der Waals surface area contributed by atoms with Gasteiger partial charge >= 0.3 is 0 Å². The van der Waals surface area contributed by atoms with Crippen molar-refractivity contribution in [1.29, 1.82) is 0 Å². The number of hydrogen-bond donors (Lipinski definition) is 0. The summed E-state index contributed by atoms with van der Waals surface area (Å²) in [6.07, 6.45) is 2.30. The molecule has 46 valence electrons. The second-order valence-electron chi connectivity index (χ2n) is 1.41. The first kappa shape index (κ1) is 7.21. The van der Waals surface area contributed by atoms with E-state index in [1.54, 1.807) is 6.08 Å². The normalized spacial score (nSPS) is 12.1. The first-order chi connectivity index (χ1) is 3.85. The van der Waals surface area contributed by atoms with Gasteiger partial charge in [-0.15, -0.1) is 0 Å². The fourth-order valence-corrected chi connectivity index (χ4v) is 0.390. The largest absolute Gasteiger partial charge is 0.460 e. The Morgan fingerprint density at radius 3 is 2.62 bits per heavy atom. The van der Waals surface area contributed by atoms with Gasteiger partial charge in [0, 0.05) is 0 Å². The third-order valence-corrected chi connectivity index (χ3v) is 0.896. The standard InChI is InChI=1S/C6H10O2/c1-3-6(4-2)8-5-7/h3,5-6H,1,4H2,2H3/t6-/m0/s1. The van der Waals surface area contributed by atoms with Crippen LogP contribution in [-0.4, -0.2) is 12.6 Å². The highest BCUT2D eigenvalue weighted by atomic mass is 16.5. The van der Waals surface area contributed by atoms with Crippen molar-refractivity contribution in [3.63, 3.8) is 0 Å². The van der Waals surface area contributed by atoms with E-state index >= 15 is 0 Å². The van der Waals surface area contributed by atoms with Gasteiger partial charge in [-0.2, -0.15) is 0 Å². The summed E-state index contributed by atoms with van der Waals surface area (Å²) in [5, 5.41) is 0. The Balaban J connectivity index is 3.35. The van der Waals surface area contributed by atoms with Crippen LogP contribution in [0.4, 0.5) is 0 Å². The van der Waals surface area contributed by atoms with E-state index < -0.39 is 0 Å².